The number of hydrogen-bond donors (Lipinski definition) is 3. The van der Waals surface area contributed by atoms with E-state index in [0.29, 0.717) is 11.1 Å². The molecule has 1 aromatic carbocycles. The number of nitrogens with one attached hydrogen (secondary N) is 1. The van der Waals surface area contributed by atoms with E-state index in [1.54, 1.807) is 39.8 Å². The zero-order valence-electron chi connectivity index (χ0n) is 15.1. The van der Waals surface area contributed by atoms with Crippen molar-refractivity contribution in [2.45, 2.75) is 51.9 Å². The minimum absolute atomic E-state index is 0.153. The van der Waals surface area contributed by atoms with Gasteiger partial charge < -0.3 is 25.0 Å². The maximum atomic E-state index is 11.6. The summed E-state index contributed by atoms with van der Waals surface area (Å²) < 4.78 is 9.96. The molecule has 1 rings (SSSR count). The van der Waals surface area contributed by atoms with Crippen LogP contribution in [0, 0.1) is 0 Å². The van der Waals surface area contributed by atoms with E-state index in [2.05, 4.69) is 5.32 Å². The van der Waals surface area contributed by atoms with Gasteiger partial charge in [-0.2, -0.15) is 0 Å². The molecule has 1 amide bonds. The minimum Gasteiger partial charge on any atom is -0.462 e. The standard InChI is InChI=1S/C18H27NO6/c1-5-24-16(22)13-8-6-12(7-9-13)15(21)14(20)10-11-19-17(23)25-18(2,3)4/h6-9,14-15,20-21H,5,10-11H2,1-4H3,(H,19,23). The van der Waals surface area contributed by atoms with Gasteiger partial charge in [-0.3, -0.25) is 0 Å². The van der Waals surface area contributed by atoms with E-state index in [1.807, 2.05) is 0 Å². The number of ether oxygens (including phenoxy) is 2. The van der Waals surface area contributed by atoms with Gasteiger partial charge in [0.25, 0.3) is 0 Å². The van der Waals surface area contributed by atoms with E-state index in [9.17, 15) is 19.8 Å². The van der Waals surface area contributed by atoms with Gasteiger partial charge in [0.2, 0.25) is 0 Å². The van der Waals surface area contributed by atoms with Crippen LogP contribution >= 0.6 is 0 Å². The highest BCUT2D eigenvalue weighted by atomic mass is 16.6. The molecule has 140 valence electrons. The number of aliphatic hydroxyl groups excluding tert-OH is 2. The first kappa shape index (κ1) is 20.9. The van der Waals surface area contributed by atoms with Crippen molar-refractivity contribution in [2.24, 2.45) is 0 Å². The molecule has 0 spiro atoms. The van der Waals surface area contributed by atoms with Crippen LogP contribution in [0.25, 0.3) is 0 Å². The largest absolute Gasteiger partial charge is 0.462 e. The highest BCUT2D eigenvalue weighted by Gasteiger charge is 2.20. The van der Waals surface area contributed by atoms with Crippen LogP contribution in [0.3, 0.4) is 0 Å². The Morgan fingerprint density at radius 3 is 2.28 bits per heavy atom. The molecule has 25 heavy (non-hydrogen) atoms. The third-order valence-electron chi connectivity index (χ3n) is 3.24. The van der Waals surface area contributed by atoms with Crippen LogP contribution in [0.2, 0.25) is 0 Å². The Hall–Kier alpha value is -2.12. The number of benzene rings is 1. The van der Waals surface area contributed by atoms with Crippen LogP contribution in [0.5, 0.6) is 0 Å². The number of amides is 1. The van der Waals surface area contributed by atoms with Gasteiger partial charge >= 0.3 is 12.1 Å². The number of alkyl carbamates (subject to hydrolysis) is 1. The van der Waals surface area contributed by atoms with Crippen molar-refractivity contribution in [2.75, 3.05) is 13.2 Å². The van der Waals surface area contributed by atoms with Crippen LogP contribution in [-0.2, 0) is 9.47 Å². The molecule has 0 saturated heterocycles. The highest BCUT2D eigenvalue weighted by molar-refractivity contribution is 5.89. The number of carbonyl (C=O) groups is 2. The highest BCUT2D eigenvalue weighted by Crippen LogP contribution is 2.19. The topological polar surface area (TPSA) is 105 Å². The smallest absolute Gasteiger partial charge is 0.407 e. The lowest BCUT2D eigenvalue weighted by Gasteiger charge is -2.21. The van der Waals surface area contributed by atoms with Gasteiger partial charge in [-0.25, -0.2) is 9.59 Å². The Morgan fingerprint density at radius 1 is 1.16 bits per heavy atom. The molecule has 2 unspecified atom stereocenters. The molecule has 2 atom stereocenters. The Morgan fingerprint density at radius 2 is 1.76 bits per heavy atom. The van der Waals surface area contributed by atoms with Gasteiger partial charge in [0, 0.05) is 6.54 Å². The average molecular weight is 353 g/mol. The lowest BCUT2D eigenvalue weighted by molar-refractivity contribution is 0.0123. The zero-order chi connectivity index (χ0) is 19.0. The van der Waals surface area contributed by atoms with Crippen LogP contribution in [-0.4, -0.2) is 47.1 Å². The number of carbonyl (C=O) groups excluding carboxylic acids is 2. The molecule has 3 N–H and O–H groups in total. The predicted molar refractivity (Wildman–Crippen MR) is 92.2 cm³/mol. The molecule has 7 heteroatoms. The first-order valence-corrected chi connectivity index (χ1v) is 8.24. The van der Waals surface area contributed by atoms with E-state index in [0.717, 1.165) is 0 Å². The van der Waals surface area contributed by atoms with Gasteiger partial charge in [-0.15, -0.1) is 0 Å². The van der Waals surface area contributed by atoms with Gasteiger partial charge in [0.05, 0.1) is 18.3 Å². The second-order valence-corrected chi connectivity index (χ2v) is 6.57. The van der Waals surface area contributed by atoms with Crippen molar-refractivity contribution >= 4 is 12.1 Å². The second-order valence-electron chi connectivity index (χ2n) is 6.57. The van der Waals surface area contributed by atoms with E-state index >= 15 is 0 Å². The van der Waals surface area contributed by atoms with Crippen molar-refractivity contribution in [1.82, 2.24) is 5.32 Å². The summed E-state index contributed by atoms with van der Waals surface area (Å²) in [5, 5.41) is 22.7. The molecule has 0 heterocycles. The summed E-state index contributed by atoms with van der Waals surface area (Å²) in [6, 6.07) is 6.17. The Labute approximate surface area is 147 Å². The van der Waals surface area contributed by atoms with Gasteiger partial charge in [-0.1, -0.05) is 12.1 Å². The van der Waals surface area contributed by atoms with Crippen molar-refractivity contribution in [3.63, 3.8) is 0 Å². The maximum Gasteiger partial charge on any atom is 0.407 e. The molecule has 0 saturated carbocycles. The fraction of sp³-hybridized carbons (Fsp3) is 0.556. The lowest BCUT2D eigenvalue weighted by Crippen LogP contribution is -2.34. The summed E-state index contributed by atoms with van der Waals surface area (Å²) >= 11 is 0. The van der Waals surface area contributed by atoms with Crippen LogP contribution in [0.15, 0.2) is 24.3 Å². The summed E-state index contributed by atoms with van der Waals surface area (Å²) in [7, 11) is 0. The van der Waals surface area contributed by atoms with Gasteiger partial charge in [0.15, 0.2) is 0 Å². The van der Waals surface area contributed by atoms with Crippen LogP contribution in [0.4, 0.5) is 4.79 Å². The van der Waals surface area contributed by atoms with E-state index < -0.39 is 29.9 Å². The molecule has 0 aliphatic rings. The predicted octanol–water partition coefficient (Wildman–Crippen LogP) is 2.17. The summed E-state index contributed by atoms with van der Waals surface area (Å²) in [5.74, 6) is -0.439. The quantitative estimate of drug-likeness (QED) is 0.649. The Bertz CT molecular complexity index is 564. The molecular formula is C18H27NO6. The molecule has 1 aromatic rings. The number of hydrogen-bond acceptors (Lipinski definition) is 6. The zero-order valence-corrected chi connectivity index (χ0v) is 15.1. The Kier molecular flexibility index (Phi) is 7.86. The fourth-order valence-electron chi connectivity index (χ4n) is 2.05. The van der Waals surface area contributed by atoms with Crippen LogP contribution < -0.4 is 5.32 Å². The van der Waals surface area contributed by atoms with E-state index in [-0.39, 0.29) is 19.6 Å². The number of esters is 1. The monoisotopic (exact) mass is 353 g/mol. The summed E-state index contributed by atoms with van der Waals surface area (Å²) in [6.07, 6.45) is -2.62. The van der Waals surface area contributed by atoms with Crippen LogP contribution in [0.1, 0.15) is 56.1 Å². The van der Waals surface area contributed by atoms with Crippen molar-refractivity contribution in [3.8, 4) is 0 Å². The average Bonchev–Trinajstić information content (AvgIpc) is 2.52. The van der Waals surface area contributed by atoms with Gasteiger partial charge in [0.1, 0.15) is 11.7 Å². The SMILES string of the molecule is CCOC(=O)c1ccc(C(O)C(O)CCNC(=O)OC(C)(C)C)cc1. The second kappa shape index (κ2) is 9.39. The van der Waals surface area contributed by atoms with Crippen molar-refractivity contribution < 1.29 is 29.3 Å². The molecule has 0 bridgehead atoms. The molecule has 0 radical (unpaired) electrons. The summed E-state index contributed by atoms with van der Waals surface area (Å²) in [4.78, 5) is 23.1. The third-order valence-corrected chi connectivity index (χ3v) is 3.24. The lowest BCUT2D eigenvalue weighted by atomic mass is 10.0. The molecule has 0 fully saturated rings. The minimum atomic E-state index is -1.13. The Balaban J connectivity index is 2.49. The van der Waals surface area contributed by atoms with E-state index in [1.165, 1.54) is 12.1 Å². The summed E-state index contributed by atoms with van der Waals surface area (Å²) in [6.45, 7) is 7.43. The van der Waals surface area contributed by atoms with Crippen molar-refractivity contribution in [3.05, 3.63) is 35.4 Å². The van der Waals surface area contributed by atoms with E-state index in [4.69, 9.17) is 9.47 Å². The fourth-order valence-corrected chi connectivity index (χ4v) is 2.05. The third kappa shape index (κ3) is 7.53. The molecule has 7 nitrogen and oxygen atoms in total. The molecular weight excluding hydrogens is 326 g/mol. The number of rotatable bonds is 7. The normalized spacial score (nSPS) is 13.7. The van der Waals surface area contributed by atoms with Crippen molar-refractivity contribution in [1.29, 1.82) is 0 Å². The summed E-state index contributed by atoms with van der Waals surface area (Å²) in [5.41, 5.74) is 0.250. The molecule has 0 aliphatic carbocycles. The molecule has 0 aromatic heterocycles. The maximum absolute atomic E-state index is 11.6. The van der Waals surface area contributed by atoms with Gasteiger partial charge in [-0.05, 0) is 51.8 Å². The first-order valence-electron chi connectivity index (χ1n) is 8.24. The number of aliphatic hydroxyl groups is 2. The first-order chi connectivity index (χ1) is 11.6. The molecule has 0 aliphatic heterocycles.